The molecule has 2 N–H and O–H groups in total. The molecule has 0 spiro atoms. The van der Waals surface area contributed by atoms with Crippen LogP contribution in [0.5, 0.6) is 0 Å². The van der Waals surface area contributed by atoms with E-state index in [4.69, 9.17) is 23.2 Å². The molecule has 31 heavy (non-hydrogen) atoms. The van der Waals surface area contributed by atoms with Crippen LogP contribution in [0, 0.1) is 6.92 Å². The Balaban J connectivity index is 0.00000272. The lowest BCUT2D eigenvalue weighted by Crippen LogP contribution is -2.45. The minimum absolute atomic E-state index is 0. The number of aromatic nitrogens is 1. The second-order valence-corrected chi connectivity index (χ2v) is 8.56. The predicted octanol–water partition coefficient (Wildman–Crippen LogP) is 6.06. The Hall–Kier alpha value is -2.05. The number of benzene rings is 2. The Labute approximate surface area is 198 Å². The lowest BCUT2D eigenvalue weighted by molar-refractivity contribution is 0.190. The highest BCUT2D eigenvalue weighted by Crippen LogP contribution is 2.25. The number of likely N-dealkylation sites (tertiary alicyclic amines) is 1. The van der Waals surface area contributed by atoms with Crippen molar-refractivity contribution in [3.05, 3.63) is 70.0 Å². The Morgan fingerprint density at radius 1 is 1.13 bits per heavy atom. The maximum atomic E-state index is 12.6. The van der Waals surface area contributed by atoms with Crippen molar-refractivity contribution in [2.24, 2.45) is 0 Å². The standard InChI is InChI=1S/C23H24Cl2N4O.ClH/c1-15-11-19-17(13-26-15)3-2-4-22(19)28-23(30)27-18-7-9-29(10-8-18)14-16-5-6-20(24)21(25)12-16;/h2-6,11-13,18H,7-10,14H2,1H3,(H2,27,28,30);1H. The Kier molecular flexibility index (Phi) is 8.00. The first-order valence-corrected chi connectivity index (χ1v) is 10.8. The fraction of sp³-hybridized carbons (Fsp3) is 0.304. The van der Waals surface area contributed by atoms with E-state index < -0.39 is 0 Å². The molecule has 164 valence electrons. The summed E-state index contributed by atoms with van der Waals surface area (Å²) in [4.78, 5) is 19.3. The molecule has 3 aromatic rings. The van der Waals surface area contributed by atoms with Crippen LogP contribution in [0.15, 0.2) is 48.7 Å². The van der Waals surface area contributed by atoms with Crippen molar-refractivity contribution in [2.75, 3.05) is 18.4 Å². The van der Waals surface area contributed by atoms with Gasteiger partial charge in [0.2, 0.25) is 0 Å². The maximum Gasteiger partial charge on any atom is 0.319 e. The zero-order valence-corrected chi connectivity index (χ0v) is 19.5. The first-order valence-electron chi connectivity index (χ1n) is 10.1. The Morgan fingerprint density at radius 3 is 2.65 bits per heavy atom. The average Bonchev–Trinajstić information content (AvgIpc) is 2.73. The first kappa shape index (κ1) is 23.6. The van der Waals surface area contributed by atoms with Crippen molar-refractivity contribution < 1.29 is 4.79 Å². The highest BCUT2D eigenvalue weighted by Gasteiger charge is 2.21. The monoisotopic (exact) mass is 478 g/mol. The first-order chi connectivity index (χ1) is 14.5. The highest BCUT2D eigenvalue weighted by atomic mass is 35.5. The number of nitrogens with one attached hydrogen (secondary N) is 2. The van der Waals surface area contributed by atoms with Crippen molar-refractivity contribution in [1.29, 1.82) is 0 Å². The molecule has 8 heteroatoms. The minimum atomic E-state index is -0.167. The van der Waals surface area contributed by atoms with Crippen LogP contribution < -0.4 is 10.6 Å². The molecule has 0 saturated carbocycles. The van der Waals surface area contributed by atoms with E-state index in [0.29, 0.717) is 10.0 Å². The number of piperidine rings is 1. The summed E-state index contributed by atoms with van der Waals surface area (Å²) in [6.45, 7) is 4.62. The summed E-state index contributed by atoms with van der Waals surface area (Å²) < 4.78 is 0. The average molecular weight is 480 g/mol. The van der Waals surface area contributed by atoms with E-state index in [1.165, 1.54) is 0 Å². The molecule has 1 aromatic heterocycles. The third kappa shape index (κ3) is 6.01. The van der Waals surface area contributed by atoms with Gasteiger partial charge in [0, 0.05) is 48.3 Å². The SMILES string of the molecule is Cc1cc2c(NC(=O)NC3CCN(Cc4ccc(Cl)c(Cl)c4)CC3)cccc2cn1.Cl. The van der Waals surface area contributed by atoms with Crippen LogP contribution in [-0.4, -0.2) is 35.0 Å². The summed E-state index contributed by atoms with van der Waals surface area (Å²) in [5.41, 5.74) is 2.87. The Morgan fingerprint density at radius 2 is 1.90 bits per heavy atom. The summed E-state index contributed by atoms with van der Waals surface area (Å²) in [5, 5.41) is 9.29. The van der Waals surface area contributed by atoms with Crippen molar-refractivity contribution in [1.82, 2.24) is 15.2 Å². The summed E-state index contributed by atoms with van der Waals surface area (Å²) in [5.74, 6) is 0. The zero-order valence-electron chi connectivity index (χ0n) is 17.2. The molecule has 0 bridgehead atoms. The number of nitrogens with zero attached hydrogens (tertiary/aromatic N) is 2. The van der Waals surface area contributed by atoms with Gasteiger partial charge in [-0.1, -0.05) is 41.4 Å². The number of hydrogen-bond acceptors (Lipinski definition) is 3. The van der Waals surface area contributed by atoms with Gasteiger partial charge in [0.15, 0.2) is 0 Å². The smallest absolute Gasteiger partial charge is 0.319 e. The Bertz CT molecular complexity index is 1070. The number of amides is 2. The molecule has 0 aliphatic carbocycles. The molecular formula is C23H25Cl3N4O. The van der Waals surface area contributed by atoms with Gasteiger partial charge in [-0.05, 0) is 49.6 Å². The molecule has 1 fully saturated rings. The maximum absolute atomic E-state index is 12.6. The van der Waals surface area contributed by atoms with E-state index in [1.54, 1.807) is 0 Å². The number of fused-ring (bicyclic) bond motifs is 1. The third-order valence-electron chi connectivity index (χ3n) is 5.46. The largest absolute Gasteiger partial charge is 0.335 e. The van der Waals surface area contributed by atoms with Crippen molar-refractivity contribution in [3.8, 4) is 0 Å². The number of urea groups is 1. The fourth-order valence-corrected chi connectivity index (χ4v) is 4.18. The molecule has 1 aliphatic rings. The van der Waals surface area contributed by atoms with E-state index in [9.17, 15) is 4.79 Å². The molecule has 1 saturated heterocycles. The highest BCUT2D eigenvalue weighted by molar-refractivity contribution is 6.42. The third-order valence-corrected chi connectivity index (χ3v) is 6.20. The topological polar surface area (TPSA) is 57.3 Å². The minimum Gasteiger partial charge on any atom is -0.335 e. The number of carbonyl (C=O) groups excluding carboxylic acids is 1. The summed E-state index contributed by atoms with van der Waals surface area (Å²) in [6.07, 6.45) is 3.65. The molecule has 1 aliphatic heterocycles. The van der Waals surface area contributed by atoms with Crippen molar-refractivity contribution in [3.63, 3.8) is 0 Å². The molecule has 4 rings (SSSR count). The van der Waals surface area contributed by atoms with Gasteiger partial charge in [0.05, 0.1) is 15.7 Å². The molecule has 2 amide bonds. The number of carbonyl (C=O) groups is 1. The summed E-state index contributed by atoms with van der Waals surface area (Å²) >= 11 is 12.1. The number of rotatable bonds is 4. The van der Waals surface area contributed by atoms with Crippen LogP contribution in [0.2, 0.25) is 10.0 Å². The summed E-state index contributed by atoms with van der Waals surface area (Å²) in [6, 6.07) is 13.6. The molecule has 0 atom stereocenters. The molecular weight excluding hydrogens is 455 g/mol. The lowest BCUT2D eigenvalue weighted by atomic mass is 10.0. The number of aryl methyl sites for hydroxylation is 1. The summed E-state index contributed by atoms with van der Waals surface area (Å²) in [7, 11) is 0. The van der Waals surface area contributed by atoms with Crippen molar-refractivity contribution >= 4 is 58.1 Å². The normalized spacial score (nSPS) is 14.8. The van der Waals surface area contributed by atoms with E-state index in [1.807, 2.05) is 55.6 Å². The molecule has 0 unspecified atom stereocenters. The second-order valence-electron chi connectivity index (χ2n) is 7.75. The van der Waals surface area contributed by atoms with Gasteiger partial charge < -0.3 is 10.6 Å². The lowest BCUT2D eigenvalue weighted by Gasteiger charge is -2.32. The van der Waals surface area contributed by atoms with Gasteiger partial charge in [0.1, 0.15) is 0 Å². The number of hydrogen-bond donors (Lipinski definition) is 2. The van der Waals surface area contributed by atoms with Crippen LogP contribution in [-0.2, 0) is 6.54 Å². The second kappa shape index (κ2) is 10.5. The van der Waals surface area contributed by atoms with Gasteiger partial charge in [-0.3, -0.25) is 9.88 Å². The van der Waals surface area contributed by atoms with Crippen LogP contribution >= 0.6 is 35.6 Å². The van der Waals surface area contributed by atoms with Gasteiger partial charge in [-0.15, -0.1) is 12.4 Å². The molecule has 2 aromatic carbocycles. The van der Waals surface area contributed by atoms with Gasteiger partial charge in [0.25, 0.3) is 0 Å². The van der Waals surface area contributed by atoms with E-state index in [2.05, 4.69) is 20.5 Å². The van der Waals surface area contributed by atoms with E-state index >= 15 is 0 Å². The number of anilines is 1. The number of pyridine rings is 1. The fourth-order valence-electron chi connectivity index (χ4n) is 3.86. The molecule has 0 radical (unpaired) electrons. The molecule has 2 heterocycles. The predicted molar refractivity (Wildman–Crippen MR) is 131 cm³/mol. The van der Waals surface area contributed by atoms with Crippen LogP contribution in [0.4, 0.5) is 10.5 Å². The van der Waals surface area contributed by atoms with E-state index in [-0.39, 0.29) is 24.5 Å². The van der Waals surface area contributed by atoms with Crippen LogP contribution in [0.3, 0.4) is 0 Å². The number of halogens is 3. The van der Waals surface area contributed by atoms with Crippen molar-refractivity contribution in [2.45, 2.75) is 32.4 Å². The van der Waals surface area contributed by atoms with Gasteiger partial charge in [-0.2, -0.15) is 0 Å². The quantitative estimate of drug-likeness (QED) is 0.478. The van der Waals surface area contributed by atoms with E-state index in [0.717, 1.165) is 60.2 Å². The zero-order chi connectivity index (χ0) is 21.1. The van der Waals surface area contributed by atoms with Crippen LogP contribution in [0.25, 0.3) is 10.8 Å². The van der Waals surface area contributed by atoms with Gasteiger partial charge >= 0.3 is 6.03 Å². The molecule has 5 nitrogen and oxygen atoms in total. The van der Waals surface area contributed by atoms with Gasteiger partial charge in [-0.25, -0.2) is 4.79 Å². The van der Waals surface area contributed by atoms with Crippen LogP contribution in [0.1, 0.15) is 24.1 Å².